The molecule has 390 valence electrons. The molecule has 2 aromatic heterocycles. The molecule has 11 aromatic carbocycles. The molecule has 0 bridgehead atoms. The van der Waals surface area contributed by atoms with E-state index in [1.807, 2.05) is 0 Å². The number of hydrogen-bond donors (Lipinski definition) is 0. The van der Waals surface area contributed by atoms with E-state index in [0.29, 0.717) is 0 Å². The van der Waals surface area contributed by atoms with Gasteiger partial charge in [0.15, 0.2) is 0 Å². The highest BCUT2D eigenvalue weighted by Crippen LogP contribution is 2.60. The van der Waals surface area contributed by atoms with Crippen molar-refractivity contribution in [3.8, 4) is 101 Å². The van der Waals surface area contributed by atoms with E-state index < -0.39 is 0 Å². The van der Waals surface area contributed by atoms with Gasteiger partial charge >= 0.3 is 0 Å². The van der Waals surface area contributed by atoms with E-state index in [1.165, 1.54) is 185 Å². The van der Waals surface area contributed by atoms with Crippen molar-refractivity contribution in [3.05, 3.63) is 289 Å². The summed E-state index contributed by atoms with van der Waals surface area (Å²) < 4.78 is 5.01. The Morgan fingerprint density at radius 2 is 0.549 bits per heavy atom. The second kappa shape index (κ2) is 18.5. The van der Waals surface area contributed by atoms with Gasteiger partial charge in [-0.2, -0.15) is 0 Å². The molecule has 2 heterocycles. The second-order valence-electron chi connectivity index (χ2n) is 23.7. The molecular weight excluding hydrogens is 989 g/mol. The fourth-order valence-electron chi connectivity index (χ4n) is 16.1. The number of fused-ring (bicyclic) bond motifs is 12. The lowest BCUT2D eigenvalue weighted by Gasteiger charge is -2.28. The maximum atomic E-state index is 2.64. The Kier molecular flexibility index (Phi) is 10.7. The summed E-state index contributed by atoms with van der Waals surface area (Å²) in [7, 11) is 0. The summed E-state index contributed by atoms with van der Waals surface area (Å²) in [6, 6.07) is 102. The van der Waals surface area contributed by atoms with Crippen LogP contribution in [0, 0.1) is 0 Å². The van der Waals surface area contributed by atoms with Crippen LogP contribution in [0.15, 0.2) is 267 Å². The summed E-state index contributed by atoms with van der Waals surface area (Å²) in [6.07, 6.45) is 9.71. The zero-order chi connectivity index (χ0) is 53.9. The van der Waals surface area contributed by atoms with Gasteiger partial charge in [-0.3, -0.25) is 0 Å². The Bertz CT molecular complexity index is 4250. The van der Waals surface area contributed by atoms with Gasteiger partial charge < -0.3 is 9.13 Å². The highest BCUT2D eigenvalue weighted by atomic mass is 15.0. The fourth-order valence-corrected chi connectivity index (χ4v) is 16.1. The van der Waals surface area contributed by atoms with Crippen LogP contribution in [0.1, 0.15) is 73.6 Å². The van der Waals surface area contributed by atoms with Crippen molar-refractivity contribution in [1.82, 2.24) is 9.13 Å². The maximum Gasteiger partial charge on any atom is 0.0535 e. The quantitative estimate of drug-likeness (QED) is 0.134. The van der Waals surface area contributed by atoms with Crippen LogP contribution in [0.3, 0.4) is 0 Å². The molecule has 2 spiro atoms. The normalized spacial score (nSPS) is 15.1. The lowest BCUT2D eigenvalue weighted by Crippen LogP contribution is -2.20. The first kappa shape index (κ1) is 47.3. The SMILES string of the molecule is c1ccc(-c2ccc(-c3ccccc3)n2-c2ccc3c(-c4ccc5c(c4)C4(CCCC4)c4ccccc4-5)c4cc(-n5c(-c6ccccc6)ccc5-c5ccccc5)ccc4c(-c4ccc5c(c4)C4(CCCC4)c4ccccc4-5)c3c2)cc1. The third kappa shape index (κ3) is 7.00. The molecule has 17 rings (SSSR count). The van der Waals surface area contributed by atoms with Crippen LogP contribution in [0.5, 0.6) is 0 Å². The monoisotopic (exact) mass is 1050 g/mol. The summed E-state index contributed by atoms with van der Waals surface area (Å²) in [5, 5.41) is 5.02. The zero-order valence-electron chi connectivity index (χ0n) is 46.0. The van der Waals surface area contributed by atoms with Crippen LogP contribution in [-0.2, 0) is 10.8 Å². The van der Waals surface area contributed by atoms with Gasteiger partial charge in [0, 0.05) is 22.2 Å². The summed E-state index contributed by atoms with van der Waals surface area (Å²) >= 11 is 0. The van der Waals surface area contributed by atoms with E-state index in [-0.39, 0.29) is 10.8 Å². The molecule has 82 heavy (non-hydrogen) atoms. The van der Waals surface area contributed by atoms with Crippen molar-refractivity contribution in [2.75, 3.05) is 0 Å². The molecule has 4 aliphatic carbocycles. The predicted octanol–water partition coefficient (Wildman–Crippen LogP) is 21.3. The average Bonchev–Trinajstić information content (AvgIpc) is 3.79. The number of benzene rings is 11. The second-order valence-corrected chi connectivity index (χ2v) is 23.7. The molecule has 0 saturated heterocycles. The minimum absolute atomic E-state index is 0.0143. The third-order valence-corrected chi connectivity index (χ3v) is 19.7. The average molecular weight is 1050 g/mol. The van der Waals surface area contributed by atoms with Gasteiger partial charge in [0.25, 0.3) is 0 Å². The van der Waals surface area contributed by atoms with E-state index in [0.717, 1.165) is 11.4 Å². The van der Waals surface area contributed by atoms with Crippen LogP contribution in [-0.4, -0.2) is 9.13 Å². The van der Waals surface area contributed by atoms with Crippen molar-refractivity contribution in [1.29, 1.82) is 0 Å². The van der Waals surface area contributed by atoms with Gasteiger partial charge in [-0.15, -0.1) is 0 Å². The Hall–Kier alpha value is -9.50. The van der Waals surface area contributed by atoms with Crippen LogP contribution < -0.4 is 0 Å². The van der Waals surface area contributed by atoms with Gasteiger partial charge in [-0.1, -0.05) is 232 Å². The van der Waals surface area contributed by atoms with Gasteiger partial charge in [0.2, 0.25) is 0 Å². The third-order valence-electron chi connectivity index (χ3n) is 19.7. The van der Waals surface area contributed by atoms with Crippen molar-refractivity contribution in [2.45, 2.75) is 62.2 Å². The lowest BCUT2D eigenvalue weighted by molar-refractivity contribution is 0.550. The first-order chi connectivity index (χ1) is 40.6. The molecule has 0 N–H and O–H groups in total. The first-order valence-electron chi connectivity index (χ1n) is 29.8. The number of nitrogens with zero attached hydrogens (tertiary/aromatic N) is 2. The molecule has 0 unspecified atom stereocenters. The maximum absolute atomic E-state index is 2.64. The van der Waals surface area contributed by atoms with E-state index in [1.54, 1.807) is 0 Å². The van der Waals surface area contributed by atoms with Gasteiger partial charge in [-0.05, 0) is 197 Å². The van der Waals surface area contributed by atoms with E-state index in [4.69, 9.17) is 0 Å². The highest BCUT2D eigenvalue weighted by Gasteiger charge is 2.46. The van der Waals surface area contributed by atoms with Crippen molar-refractivity contribution in [2.24, 2.45) is 0 Å². The summed E-state index contributed by atoms with van der Waals surface area (Å²) in [6.45, 7) is 0. The summed E-state index contributed by atoms with van der Waals surface area (Å²) in [5.74, 6) is 0. The molecule has 2 nitrogen and oxygen atoms in total. The van der Waals surface area contributed by atoms with Gasteiger partial charge in [0.05, 0.1) is 22.8 Å². The smallest absolute Gasteiger partial charge is 0.0535 e. The highest BCUT2D eigenvalue weighted by molar-refractivity contribution is 6.22. The largest absolute Gasteiger partial charge is 0.309 e. The van der Waals surface area contributed by atoms with E-state index in [2.05, 4.69) is 276 Å². The number of rotatable bonds is 8. The molecule has 2 saturated carbocycles. The molecule has 0 radical (unpaired) electrons. The minimum atomic E-state index is 0.0143. The molecule has 4 aliphatic rings. The van der Waals surface area contributed by atoms with E-state index in [9.17, 15) is 0 Å². The van der Waals surface area contributed by atoms with Crippen molar-refractivity contribution in [3.63, 3.8) is 0 Å². The molecule has 0 aliphatic heterocycles. The molecule has 2 fully saturated rings. The molecule has 13 aromatic rings. The Labute approximate surface area is 480 Å². The Morgan fingerprint density at radius 1 is 0.232 bits per heavy atom. The molecular formula is C80H60N2. The molecule has 0 amide bonds. The molecule has 0 atom stereocenters. The van der Waals surface area contributed by atoms with Crippen LogP contribution in [0.25, 0.3) is 122 Å². The molecule has 2 heteroatoms. The predicted molar refractivity (Wildman–Crippen MR) is 342 cm³/mol. The van der Waals surface area contributed by atoms with Crippen LogP contribution >= 0.6 is 0 Å². The fraction of sp³-hybridized carbons (Fsp3) is 0.125. The van der Waals surface area contributed by atoms with Crippen molar-refractivity contribution < 1.29 is 0 Å². The van der Waals surface area contributed by atoms with Crippen molar-refractivity contribution >= 4 is 21.5 Å². The van der Waals surface area contributed by atoms with E-state index >= 15 is 0 Å². The van der Waals surface area contributed by atoms with Crippen LogP contribution in [0.4, 0.5) is 0 Å². The minimum Gasteiger partial charge on any atom is -0.309 e. The number of hydrogen-bond acceptors (Lipinski definition) is 0. The number of aromatic nitrogens is 2. The topological polar surface area (TPSA) is 9.86 Å². The summed E-state index contributed by atoms with van der Waals surface area (Å²) in [4.78, 5) is 0. The standard InChI is InChI=1S/C80H60N2/c1-5-21-53(22-6-1)73-41-42-74(54-23-7-2-8-24-54)81(73)59-35-39-65-67(51-59)77(57-33-37-63-61-29-13-15-31-69(61)79(71(63)49-57)45-17-18-46-79)66-40-36-60(82-75(55-25-9-3-10-26-55)43-44-76(82)56-27-11-4-12-28-56)52-68(66)78(65)58-34-38-64-62-30-14-16-32-70(62)80(72(64)50-58)47-19-20-48-80/h1-16,21-44,49-52H,17-20,45-48H2. The first-order valence-corrected chi connectivity index (χ1v) is 29.8. The van der Waals surface area contributed by atoms with Gasteiger partial charge in [0.1, 0.15) is 0 Å². The lowest BCUT2D eigenvalue weighted by atomic mass is 9.75. The van der Waals surface area contributed by atoms with Gasteiger partial charge in [-0.25, -0.2) is 0 Å². The Morgan fingerprint density at radius 3 is 0.902 bits per heavy atom. The zero-order valence-corrected chi connectivity index (χ0v) is 46.0. The Balaban J connectivity index is 1.00. The summed E-state index contributed by atoms with van der Waals surface area (Å²) in [5.41, 5.74) is 28.5. The van der Waals surface area contributed by atoms with Crippen LogP contribution in [0.2, 0.25) is 0 Å².